The first-order chi connectivity index (χ1) is 15.4. The van der Waals surface area contributed by atoms with Gasteiger partial charge in [-0.25, -0.2) is 13.5 Å². The van der Waals surface area contributed by atoms with Crippen molar-refractivity contribution >= 4 is 44.8 Å². The number of furan rings is 1. The van der Waals surface area contributed by atoms with Gasteiger partial charge in [0.1, 0.15) is 11.4 Å². The smallest absolute Gasteiger partial charge is 0.372 e. The summed E-state index contributed by atoms with van der Waals surface area (Å²) in [6.45, 7) is 2.89. The zero-order valence-electron chi connectivity index (χ0n) is 17.3. The molecule has 0 unspecified atom stereocenters. The lowest BCUT2D eigenvalue weighted by Crippen LogP contribution is -2.19. The molecule has 0 aliphatic rings. The highest BCUT2D eigenvalue weighted by molar-refractivity contribution is 9.10. The molecule has 1 N–H and O–H groups in total. The van der Waals surface area contributed by atoms with Crippen LogP contribution in [-0.4, -0.2) is 21.9 Å². The summed E-state index contributed by atoms with van der Waals surface area (Å²) >= 11 is 4.83. The highest BCUT2D eigenvalue weighted by Gasteiger charge is 2.18. The molecule has 0 amide bonds. The van der Waals surface area contributed by atoms with Crippen molar-refractivity contribution in [3.8, 4) is 0 Å². The summed E-state index contributed by atoms with van der Waals surface area (Å²) in [6, 6.07) is 20.9. The predicted octanol–water partition coefficient (Wildman–Crippen LogP) is 7.09. The van der Waals surface area contributed by atoms with Crippen molar-refractivity contribution in [3.63, 3.8) is 0 Å². The number of rotatable bonds is 8. The first-order valence-corrected chi connectivity index (χ1v) is 11.6. The van der Waals surface area contributed by atoms with Crippen molar-refractivity contribution < 1.29 is 18.7 Å². The lowest BCUT2D eigenvalue weighted by atomic mass is 10.1. The molecule has 0 saturated carbocycles. The number of nitrogens with zero attached hydrogens (tertiary/aromatic N) is 1. The van der Waals surface area contributed by atoms with Crippen LogP contribution in [0.1, 0.15) is 27.2 Å². The molecule has 1 heterocycles. The van der Waals surface area contributed by atoms with Crippen LogP contribution in [0.15, 0.2) is 80.5 Å². The molecule has 0 radical (unpaired) electrons. The molecule has 0 bridgehead atoms. The summed E-state index contributed by atoms with van der Waals surface area (Å²) in [5.74, 6) is -1.37. The molecule has 4 nitrogen and oxygen atoms in total. The van der Waals surface area contributed by atoms with E-state index in [4.69, 9.17) is 4.42 Å². The van der Waals surface area contributed by atoms with E-state index in [-0.39, 0.29) is 11.6 Å². The van der Waals surface area contributed by atoms with Crippen LogP contribution < -0.4 is 0 Å². The molecule has 1 aromatic heterocycles. The fourth-order valence-corrected chi connectivity index (χ4v) is 4.82. The van der Waals surface area contributed by atoms with Gasteiger partial charge >= 0.3 is 5.97 Å². The Labute approximate surface area is 198 Å². The number of aryl methyl sites for hydroxylation is 1. The van der Waals surface area contributed by atoms with Crippen LogP contribution in [0.25, 0.3) is 11.0 Å². The van der Waals surface area contributed by atoms with Crippen LogP contribution in [0.5, 0.6) is 0 Å². The van der Waals surface area contributed by atoms with Crippen molar-refractivity contribution in [1.29, 1.82) is 0 Å². The van der Waals surface area contributed by atoms with Crippen molar-refractivity contribution in [2.75, 3.05) is 6.54 Å². The summed E-state index contributed by atoms with van der Waals surface area (Å²) in [5, 5.41) is 10.1. The topological polar surface area (TPSA) is 53.7 Å². The number of benzene rings is 3. The molecule has 0 atom stereocenters. The lowest BCUT2D eigenvalue weighted by Gasteiger charge is -2.22. The van der Waals surface area contributed by atoms with Gasteiger partial charge in [-0.1, -0.05) is 52.3 Å². The van der Waals surface area contributed by atoms with Gasteiger partial charge < -0.3 is 9.52 Å². The monoisotopic (exact) mass is 513 g/mol. The second-order valence-corrected chi connectivity index (χ2v) is 9.53. The number of carboxylic acids is 1. The SMILES string of the molecule is Cc1c(C(=O)O)oc2ccc(SN(CCc3ccccc3)Cc3ccc(Br)cc3F)cc12. The predicted molar refractivity (Wildman–Crippen MR) is 128 cm³/mol. The van der Waals surface area contributed by atoms with Crippen LogP contribution >= 0.6 is 27.9 Å². The van der Waals surface area contributed by atoms with E-state index in [1.54, 1.807) is 19.1 Å². The third-order valence-electron chi connectivity index (χ3n) is 5.19. The maximum Gasteiger partial charge on any atom is 0.372 e. The number of fused-ring (bicyclic) bond motifs is 1. The summed E-state index contributed by atoms with van der Waals surface area (Å²) < 4.78 is 22.8. The molecule has 4 aromatic rings. The van der Waals surface area contributed by atoms with Crippen molar-refractivity contribution in [2.24, 2.45) is 0 Å². The van der Waals surface area contributed by atoms with E-state index in [1.165, 1.54) is 23.6 Å². The molecule has 4 rings (SSSR count). The van der Waals surface area contributed by atoms with E-state index in [2.05, 4.69) is 32.4 Å². The summed E-state index contributed by atoms with van der Waals surface area (Å²) in [6.07, 6.45) is 0.822. The molecular formula is C25H21BrFNO3S. The zero-order valence-corrected chi connectivity index (χ0v) is 19.7. The fourth-order valence-electron chi connectivity index (χ4n) is 3.51. The third-order valence-corrected chi connectivity index (χ3v) is 6.72. The van der Waals surface area contributed by atoms with E-state index >= 15 is 0 Å². The quantitative estimate of drug-likeness (QED) is 0.255. The zero-order chi connectivity index (χ0) is 22.7. The number of carboxylic acid groups (broad SMARTS) is 1. The Bertz CT molecular complexity index is 1260. The van der Waals surface area contributed by atoms with E-state index in [0.29, 0.717) is 34.3 Å². The number of aromatic carboxylic acids is 1. The second-order valence-electron chi connectivity index (χ2n) is 7.45. The van der Waals surface area contributed by atoms with Crippen LogP contribution in [0.4, 0.5) is 4.39 Å². The molecule has 3 aromatic carbocycles. The Morgan fingerprint density at radius 2 is 1.91 bits per heavy atom. The Kier molecular flexibility index (Phi) is 6.98. The van der Waals surface area contributed by atoms with Gasteiger partial charge in [-0.2, -0.15) is 0 Å². The average Bonchev–Trinajstić information content (AvgIpc) is 3.11. The Morgan fingerprint density at radius 1 is 1.12 bits per heavy atom. The van der Waals surface area contributed by atoms with E-state index in [0.717, 1.165) is 16.7 Å². The van der Waals surface area contributed by atoms with Gasteiger partial charge in [0.15, 0.2) is 0 Å². The first kappa shape index (κ1) is 22.6. The highest BCUT2D eigenvalue weighted by Crippen LogP contribution is 2.32. The Balaban J connectivity index is 1.59. The largest absolute Gasteiger partial charge is 0.475 e. The van der Waals surface area contributed by atoms with Gasteiger partial charge in [0.05, 0.1) is 0 Å². The standard InChI is InChI=1S/C25H21BrFNO3S/c1-16-21-14-20(9-10-23(21)31-24(16)25(29)30)32-28(12-11-17-5-3-2-4-6-17)15-18-7-8-19(26)13-22(18)27/h2-10,13-14H,11-12,15H2,1H3,(H,29,30). The molecule has 0 saturated heterocycles. The fraction of sp³-hybridized carbons (Fsp3) is 0.160. The summed E-state index contributed by atoms with van der Waals surface area (Å²) in [5.41, 5.74) is 2.97. The second kappa shape index (κ2) is 9.90. The number of hydrogen-bond donors (Lipinski definition) is 1. The normalized spacial score (nSPS) is 11.4. The average molecular weight is 514 g/mol. The molecule has 0 fully saturated rings. The van der Waals surface area contributed by atoms with Gasteiger partial charge in [-0.3, -0.25) is 0 Å². The minimum Gasteiger partial charge on any atom is -0.475 e. The van der Waals surface area contributed by atoms with Crippen molar-refractivity contribution in [3.05, 3.63) is 99.5 Å². The van der Waals surface area contributed by atoms with Crippen molar-refractivity contribution in [2.45, 2.75) is 24.8 Å². The third kappa shape index (κ3) is 5.23. The van der Waals surface area contributed by atoms with Gasteiger partial charge in [-0.15, -0.1) is 0 Å². The van der Waals surface area contributed by atoms with E-state index < -0.39 is 5.97 Å². The maximum absolute atomic E-state index is 14.5. The molecule has 0 aliphatic carbocycles. The van der Waals surface area contributed by atoms with Gasteiger partial charge in [0, 0.05) is 39.0 Å². The number of halogens is 2. The van der Waals surface area contributed by atoms with Gasteiger partial charge in [0.2, 0.25) is 5.76 Å². The molecule has 32 heavy (non-hydrogen) atoms. The minimum absolute atomic E-state index is 0.0417. The molecule has 0 aliphatic heterocycles. The summed E-state index contributed by atoms with van der Waals surface area (Å²) in [7, 11) is 0. The van der Waals surface area contributed by atoms with E-state index in [1.807, 2.05) is 36.4 Å². The van der Waals surface area contributed by atoms with Crippen LogP contribution in [0, 0.1) is 12.7 Å². The Hall–Kier alpha value is -2.61. The van der Waals surface area contributed by atoms with Crippen molar-refractivity contribution in [1.82, 2.24) is 4.31 Å². The van der Waals surface area contributed by atoms with Gasteiger partial charge in [-0.05, 0) is 61.2 Å². The molecular weight excluding hydrogens is 493 g/mol. The van der Waals surface area contributed by atoms with Crippen LogP contribution in [0.2, 0.25) is 0 Å². The number of carbonyl (C=O) groups is 1. The van der Waals surface area contributed by atoms with Crippen LogP contribution in [0.3, 0.4) is 0 Å². The minimum atomic E-state index is -1.08. The summed E-state index contributed by atoms with van der Waals surface area (Å²) in [4.78, 5) is 12.3. The highest BCUT2D eigenvalue weighted by atomic mass is 79.9. The molecule has 0 spiro atoms. The molecule has 164 valence electrons. The Morgan fingerprint density at radius 3 is 2.62 bits per heavy atom. The maximum atomic E-state index is 14.5. The van der Waals surface area contributed by atoms with Gasteiger partial charge in [0.25, 0.3) is 0 Å². The van der Waals surface area contributed by atoms with E-state index in [9.17, 15) is 14.3 Å². The number of hydrogen-bond acceptors (Lipinski definition) is 4. The molecule has 7 heteroatoms. The van der Waals surface area contributed by atoms with Crippen LogP contribution in [-0.2, 0) is 13.0 Å². The first-order valence-electron chi connectivity index (χ1n) is 10.1. The lowest BCUT2D eigenvalue weighted by molar-refractivity contribution is 0.0664.